The Morgan fingerprint density at radius 1 is 0.282 bits per heavy atom. The van der Waals surface area contributed by atoms with E-state index in [1.807, 2.05) is 218 Å². The van der Waals surface area contributed by atoms with Crippen LogP contribution in [0.5, 0.6) is 0 Å². The van der Waals surface area contributed by atoms with Crippen molar-refractivity contribution in [2.75, 3.05) is 26.4 Å². The second-order valence-corrected chi connectivity index (χ2v) is 26.7. The van der Waals surface area contributed by atoms with Crippen LogP contribution < -0.4 is 0 Å². The van der Waals surface area contributed by atoms with Crippen molar-refractivity contribution in [1.82, 2.24) is 0 Å². The summed E-state index contributed by atoms with van der Waals surface area (Å²) < 4.78 is 106. The van der Waals surface area contributed by atoms with E-state index in [0.717, 1.165) is 50.1 Å². The molecule has 0 saturated carbocycles. The van der Waals surface area contributed by atoms with Crippen molar-refractivity contribution < 1.29 is 76.2 Å². The highest BCUT2D eigenvalue weighted by Gasteiger charge is 2.57. The summed E-state index contributed by atoms with van der Waals surface area (Å²) in [6.45, 7) is 5.31. The molecule has 3 aliphatic rings. The Hall–Kier alpha value is -7.05. The molecule has 540 valence electrons. The Morgan fingerprint density at radius 2 is 0.534 bits per heavy atom. The molecule has 0 bridgehead atoms. The largest absolute Gasteiger partial charge is 0.385 e. The Morgan fingerprint density at radius 3 is 0.874 bits per heavy atom. The van der Waals surface area contributed by atoms with Crippen LogP contribution in [0.2, 0.25) is 15.1 Å². The third kappa shape index (κ3) is 22.5. The zero-order valence-corrected chi connectivity index (χ0v) is 59.4. The number of aliphatic hydroxyl groups is 1. The third-order valence-electron chi connectivity index (χ3n) is 17.9. The van der Waals surface area contributed by atoms with Crippen LogP contribution in [0.15, 0.2) is 267 Å². The van der Waals surface area contributed by atoms with E-state index in [-0.39, 0.29) is 85.9 Å². The molecule has 3 aliphatic heterocycles. The number of hydrogen-bond donors (Lipinski definition) is 1. The molecule has 12 rings (SSSR count). The highest BCUT2D eigenvalue weighted by atomic mass is 35.5. The van der Waals surface area contributed by atoms with Crippen molar-refractivity contribution in [2.45, 2.75) is 152 Å². The van der Waals surface area contributed by atoms with Crippen LogP contribution in [0, 0.1) is 0 Å². The highest BCUT2D eigenvalue weighted by molar-refractivity contribution is 6.31. The molecule has 0 spiro atoms. The summed E-state index contributed by atoms with van der Waals surface area (Å²) in [5.41, 5.74) is 7.87. The van der Waals surface area contributed by atoms with Crippen molar-refractivity contribution in [3.63, 3.8) is 0 Å². The summed E-state index contributed by atoms with van der Waals surface area (Å²) in [7, 11) is 0. The first-order chi connectivity index (χ1) is 50.7. The molecule has 16 nitrogen and oxygen atoms in total. The van der Waals surface area contributed by atoms with Crippen molar-refractivity contribution in [3.05, 3.63) is 333 Å². The van der Waals surface area contributed by atoms with Gasteiger partial charge in [-0.25, -0.2) is 0 Å². The molecule has 3 saturated heterocycles. The summed E-state index contributed by atoms with van der Waals surface area (Å²) in [5, 5.41) is 15.1. The molecule has 9 aromatic carbocycles. The second-order valence-electron chi connectivity index (χ2n) is 25.4. The van der Waals surface area contributed by atoms with Gasteiger partial charge >= 0.3 is 0 Å². The minimum atomic E-state index is -1.60. The van der Waals surface area contributed by atoms with Gasteiger partial charge in [0.15, 0.2) is 18.9 Å². The Balaban J connectivity index is 0.976. The van der Waals surface area contributed by atoms with E-state index in [4.69, 9.17) is 106 Å². The van der Waals surface area contributed by atoms with Crippen LogP contribution in [0.1, 0.15) is 50.1 Å². The molecule has 19 heteroatoms. The lowest BCUT2D eigenvalue weighted by Crippen LogP contribution is -2.68. The van der Waals surface area contributed by atoms with Crippen LogP contribution in [-0.4, -0.2) is 124 Å². The van der Waals surface area contributed by atoms with Crippen LogP contribution in [0.3, 0.4) is 0 Å². The van der Waals surface area contributed by atoms with E-state index in [1.54, 1.807) is 42.5 Å². The molecule has 3 fully saturated rings. The van der Waals surface area contributed by atoms with Gasteiger partial charge < -0.3 is 76.2 Å². The van der Waals surface area contributed by atoms with E-state index in [2.05, 4.69) is 6.58 Å². The van der Waals surface area contributed by atoms with Gasteiger partial charge in [-0.15, -0.1) is 6.58 Å². The highest BCUT2D eigenvalue weighted by Crippen LogP contribution is 2.40. The summed E-state index contributed by atoms with van der Waals surface area (Å²) in [4.78, 5) is 0. The second kappa shape index (κ2) is 39.9. The van der Waals surface area contributed by atoms with Crippen LogP contribution in [0.25, 0.3) is 0 Å². The fraction of sp³-hybridized carbons (Fsp3) is 0.333. The third-order valence-corrected chi connectivity index (χ3v) is 18.6. The lowest BCUT2D eigenvalue weighted by molar-refractivity contribution is -0.404. The summed E-state index contributed by atoms with van der Waals surface area (Å²) >= 11 is 19.2. The fourth-order valence-electron chi connectivity index (χ4n) is 12.6. The van der Waals surface area contributed by atoms with Crippen LogP contribution in [0.4, 0.5) is 0 Å². The van der Waals surface area contributed by atoms with Crippen LogP contribution in [-0.2, 0) is 131 Å². The monoisotopic (exact) mass is 1460 g/mol. The maximum absolute atomic E-state index is 13.4. The standard InChI is InChI=1S/C84H87Cl3O16/c1-2-45-92-83-80(78(97-51-62-29-17-7-18-30-62)75(94-49-60-25-13-5-14-26-60)71(100-83)56-89-46-58-21-9-3-10-22-58)103-84-81(79(98-52-63-31-19-8-20-32-63)76(95-50-61-27-15-6-16-28-61)72(101-84)57-90-47-59-23-11-4-12-24-59)102-82-73(88)77(96-54-66-37-43-69(87)44-38-66)74(93-53-65-35-41-68(86)42-36-65)70(99-82)55-91-48-64-33-39-67(85)40-34-64/h2-44,70-84,88H,1,45-57H2/t70-,71-,72-,73-,74-,75-,76-,77-,78+,79+,80+,81+,82+,83-,84+/m1/s1. The van der Waals surface area contributed by atoms with E-state index < -0.39 is 92.1 Å². The molecular weight excluding hydrogens is 1370 g/mol. The van der Waals surface area contributed by atoms with Gasteiger partial charge in [0.05, 0.1) is 85.9 Å². The lowest BCUT2D eigenvalue weighted by atomic mass is 9.95. The molecule has 0 amide bonds. The van der Waals surface area contributed by atoms with Gasteiger partial charge in [-0.2, -0.15) is 0 Å². The summed E-state index contributed by atoms with van der Waals surface area (Å²) in [6.07, 6.45) is -15.7. The SMILES string of the molecule is C=CCO[C@@H]1O[C@H](COCc2ccccc2)[C@@H](OCc2ccccc2)[C@H](OCc2ccccc2)[C@@H]1O[C@@H]1O[C@H](COCc2ccccc2)[C@@H](OCc2ccccc2)[C@H](OCc2ccccc2)[C@@H]1O[C@@H]1O[C@H](COCc2ccc(Cl)cc2)[C@@H](OCc2ccc(Cl)cc2)[C@H](OCc2ccc(Cl)cc2)[C@H]1O. The van der Waals surface area contributed by atoms with Gasteiger partial charge in [0.25, 0.3) is 0 Å². The zero-order valence-electron chi connectivity index (χ0n) is 57.1. The molecule has 1 N–H and O–H groups in total. The first-order valence-electron chi connectivity index (χ1n) is 34.7. The average Bonchev–Trinajstić information content (AvgIpc) is 0.764. The Bertz CT molecular complexity index is 3860. The number of benzene rings is 9. The topological polar surface area (TPSA) is 159 Å². The van der Waals surface area contributed by atoms with E-state index >= 15 is 0 Å². The minimum absolute atomic E-state index is 0.0237. The van der Waals surface area contributed by atoms with Gasteiger partial charge in [0.1, 0.15) is 73.2 Å². The molecule has 15 atom stereocenters. The molecule has 3 heterocycles. The lowest BCUT2D eigenvalue weighted by Gasteiger charge is -2.51. The molecule has 0 radical (unpaired) electrons. The van der Waals surface area contributed by atoms with E-state index in [1.165, 1.54) is 0 Å². The first kappa shape index (κ1) is 75.6. The van der Waals surface area contributed by atoms with Gasteiger partial charge in [0, 0.05) is 15.1 Å². The van der Waals surface area contributed by atoms with Gasteiger partial charge in [0.2, 0.25) is 0 Å². The van der Waals surface area contributed by atoms with Gasteiger partial charge in [-0.1, -0.05) is 259 Å². The fourth-order valence-corrected chi connectivity index (χ4v) is 12.9. The smallest absolute Gasteiger partial charge is 0.187 e. The number of hydrogen-bond acceptors (Lipinski definition) is 16. The molecular formula is C84H87Cl3O16. The maximum Gasteiger partial charge on any atom is 0.187 e. The average molecular weight is 1460 g/mol. The molecule has 0 unspecified atom stereocenters. The van der Waals surface area contributed by atoms with Crippen molar-refractivity contribution in [3.8, 4) is 0 Å². The molecule has 9 aromatic rings. The van der Waals surface area contributed by atoms with E-state index in [0.29, 0.717) is 15.1 Å². The van der Waals surface area contributed by atoms with Crippen LogP contribution >= 0.6 is 34.8 Å². The predicted octanol–water partition coefficient (Wildman–Crippen LogP) is 15.6. The molecule has 103 heavy (non-hydrogen) atoms. The predicted molar refractivity (Wildman–Crippen MR) is 391 cm³/mol. The Kier molecular flexibility index (Phi) is 29.3. The first-order valence-corrected chi connectivity index (χ1v) is 35.9. The molecule has 0 aromatic heterocycles. The number of rotatable bonds is 37. The minimum Gasteiger partial charge on any atom is -0.385 e. The van der Waals surface area contributed by atoms with Gasteiger partial charge in [-0.05, 0) is 86.5 Å². The maximum atomic E-state index is 13.4. The van der Waals surface area contributed by atoms with E-state index in [9.17, 15) is 5.11 Å². The summed E-state index contributed by atoms with van der Waals surface area (Å²) in [5.74, 6) is 0. The van der Waals surface area contributed by atoms with Crippen molar-refractivity contribution >= 4 is 34.8 Å². The Labute approximate surface area is 618 Å². The van der Waals surface area contributed by atoms with Crippen molar-refractivity contribution in [1.29, 1.82) is 0 Å². The quantitative estimate of drug-likeness (QED) is 0.0366. The normalized spacial score (nSPS) is 24.9. The van der Waals surface area contributed by atoms with Crippen molar-refractivity contribution in [2.24, 2.45) is 0 Å². The zero-order chi connectivity index (χ0) is 70.8. The molecule has 0 aliphatic carbocycles. The number of aliphatic hydroxyl groups excluding tert-OH is 1. The summed E-state index contributed by atoms with van der Waals surface area (Å²) in [6, 6.07) is 81.1. The number of halogens is 3. The number of ether oxygens (including phenoxy) is 15. The van der Waals surface area contributed by atoms with Gasteiger partial charge in [-0.3, -0.25) is 0 Å².